The second kappa shape index (κ2) is 7.99. The van der Waals surface area contributed by atoms with Gasteiger partial charge in [0.2, 0.25) is 11.8 Å². The van der Waals surface area contributed by atoms with E-state index in [0.29, 0.717) is 22.3 Å². The first kappa shape index (κ1) is 17.3. The minimum atomic E-state index is -0.134. The van der Waals surface area contributed by atoms with E-state index < -0.39 is 0 Å². The van der Waals surface area contributed by atoms with Crippen molar-refractivity contribution in [1.82, 2.24) is 5.32 Å². The van der Waals surface area contributed by atoms with Crippen LogP contribution in [0.5, 0.6) is 0 Å². The highest BCUT2D eigenvalue weighted by Crippen LogP contribution is 2.22. The number of hydrogen-bond donors (Lipinski definition) is 2. The molecule has 120 valence electrons. The average molecular weight is 351 g/mol. The maximum absolute atomic E-state index is 12.0. The molecule has 23 heavy (non-hydrogen) atoms. The smallest absolute Gasteiger partial charge is 0.224 e. The molecule has 0 bridgehead atoms. The zero-order valence-electron chi connectivity index (χ0n) is 12.5. The van der Waals surface area contributed by atoms with Gasteiger partial charge in [0.15, 0.2) is 0 Å². The molecule has 0 saturated carbocycles. The Hall–Kier alpha value is -2.04. The molecular weight excluding hydrogens is 335 g/mol. The van der Waals surface area contributed by atoms with Gasteiger partial charge in [-0.15, -0.1) is 0 Å². The lowest BCUT2D eigenvalue weighted by Gasteiger charge is -2.08. The monoisotopic (exact) mass is 350 g/mol. The van der Waals surface area contributed by atoms with Crippen LogP contribution in [0.25, 0.3) is 0 Å². The SMILES string of the molecule is CC(=O)Nc1cccc(CNC(=O)Cc2ccc(Cl)c(Cl)c2)c1. The number of nitrogens with one attached hydrogen (secondary N) is 2. The lowest BCUT2D eigenvalue weighted by Crippen LogP contribution is -2.24. The number of amides is 2. The van der Waals surface area contributed by atoms with E-state index in [4.69, 9.17) is 23.2 Å². The molecule has 0 aliphatic heterocycles. The van der Waals surface area contributed by atoms with Gasteiger partial charge in [-0.05, 0) is 35.4 Å². The summed E-state index contributed by atoms with van der Waals surface area (Å²) in [6.45, 7) is 1.83. The van der Waals surface area contributed by atoms with Crippen LogP contribution in [0, 0.1) is 0 Å². The van der Waals surface area contributed by atoms with Crippen molar-refractivity contribution in [3.63, 3.8) is 0 Å². The summed E-state index contributed by atoms with van der Waals surface area (Å²) in [6, 6.07) is 12.4. The molecule has 0 heterocycles. The molecule has 0 unspecified atom stereocenters. The zero-order chi connectivity index (χ0) is 16.8. The van der Waals surface area contributed by atoms with Crippen molar-refractivity contribution < 1.29 is 9.59 Å². The molecular formula is C17H16Cl2N2O2. The third-order valence-electron chi connectivity index (χ3n) is 3.09. The molecule has 0 aromatic heterocycles. The van der Waals surface area contributed by atoms with Crippen LogP contribution in [0.3, 0.4) is 0 Å². The van der Waals surface area contributed by atoms with Gasteiger partial charge in [0, 0.05) is 19.2 Å². The molecule has 2 aromatic rings. The molecule has 0 saturated heterocycles. The Balaban J connectivity index is 1.91. The van der Waals surface area contributed by atoms with Gasteiger partial charge in [0.1, 0.15) is 0 Å². The van der Waals surface area contributed by atoms with Crippen LogP contribution in [0.15, 0.2) is 42.5 Å². The van der Waals surface area contributed by atoms with Gasteiger partial charge >= 0.3 is 0 Å². The average Bonchev–Trinajstić information content (AvgIpc) is 2.49. The highest BCUT2D eigenvalue weighted by molar-refractivity contribution is 6.42. The van der Waals surface area contributed by atoms with E-state index in [2.05, 4.69) is 10.6 Å². The summed E-state index contributed by atoms with van der Waals surface area (Å²) in [5, 5.41) is 6.43. The highest BCUT2D eigenvalue weighted by atomic mass is 35.5. The minimum absolute atomic E-state index is 0.117. The molecule has 2 rings (SSSR count). The van der Waals surface area contributed by atoms with E-state index in [1.807, 2.05) is 18.2 Å². The standard InChI is InChI=1S/C17H16Cl2N2O2/c1-11(22)21-14-4-2-3-13(7-14)10-20-17(23)9-12-5-6-15(18)16(19)8-12/h2-8H,9-10H2,1H3,(H,20,23)(H,21,22). The van der Waals surface area contributed by atoms with Gasteiger partial charge in [-0.25, -0.2) is 0 Å². The van der Waals surface area contributed by atoms with E-state index >= 15 is 0 Å². The summed E-state index contributed by atoms with van der Waals surface area (Å²) in [4.78, 5) is 23.0. The van der Waals surface area contributed by atoms with Crippen LogP contribution in [-0.2, 0) is 22.6 Å². The lowest BCUT2D eigenvalue weighted by atomic mass is 10.1. The number of halogens is 2. The Morgan fingerprint density at radius 2 is 1.78 bits per heavy atom. The van der Waals surface area contributed by atoms with Crippen molar-refractivity contribution >= 4 is 40.7 Å². The van der Waals surface area contributed by atoms with Crippen LogP contribution in [0.1, 0.15) is 18.1 Å². The third kappa shape index (κ3) is 5.58. The Morgan fingerprint density at radius 3 is 2.48 bits per heavy atom. The summed E-state index contributed by atoms with van der Waals surface area (Å²) in [7, 11) is 0. The first-order chi connectivity index (χ1) is 10.9. The number of carbonyl (C=O) groups excluding carboxylic acids is 2. The van der Waals surface area contributed by atoms with Crippen molar-refractivity contribution in [1.29, 1.82) is 0 Å². The van der Waals surface area contributed by atoms with Gasteiger partial charge in [-0.1, -0.05) is 41.4 Å². The van der Waals surface area contributed by atoms with Gasteiger partial charge in [0.25, 0.3) is 0 Å². The van der Waals surface area contributed by atoms with Crippen LogP contribution in [-0.4, -0.2) is 11.8 Å². The Kier molecular flexibility index (Phi) is 6.02. The molecule has 0 aliphatic rings. The predicted molar refractivity (Wildman–Crippen MR) is 92.8 cm³/mol. The number of carbonyl (C=O) groups is 2. The normalized spacial score (nSPS) is 10.2. The van der Waals surface area contributed by atoms with Crippen LogP contribution in [0.2, 0.25) is 10.0 Å². The fraction of sp³-hybridized carbons (Fsp3) is 0.176. The van der Waals surface area contributed by atoms with E-state index in [9.17, 15) is 9.59 Å². The quantitative estimate of drug-likeness (QED) is 0.861. The Labute approximate surface area is 144 Å². The first-order valence-corrected chi connectivity index (χ1v) is 7.77. The van der Waals surface area contributed by atoms with E-state index in [0.717, 1.165) is 11.1 Å². The molecule has 0 atom stereocenters. The third-order valence-corrected chi connectivity index (χ3v) is 3.82. The van der Waals surface area contributed by atoms with Crippen LogP contribution < -0.4 is 10.6 Å². The Bertz CT molecular complexity index is 732. The molecule has 6 heteroatoms. The maximum Gasteiger partial charge on any atom is 0.224 e. The van der Waals surface area contributed by atoms with Crippen LogP contribution >= 0.6 is 23.2 Å². The number of benzene rings is 2. The van der Waals surface area contributed by atoms with Gasteiger partial charge in [-0.2, -0.15) is 0 Å². The second-order valence-corrected chi connectivity index (χ2v) is 5.90. The summed E-state index contributed by atoms with van der Waals surface area (Å²) >= 11 is 11.8. The minimum Gasteiger partial charge on any atom is -0.352 e. The zero-order valence-corrected chi connectivity index (χ0v) is 14.0. The van der Waals surface area contributed by atoms with Crippen molar-refractivity contribution in [2.75, 3.05) is 5.32 Å². The van der Waals surface area contributed by atoms with Crippen molar-refractivity contribution in [3.05, 3.63) is 63.6 Å². The van der Waals surface area contributed by atoms with E-state index in [1.165, 1.54) is 6.92 Å². The molecule has 2 aromatic carbocycles. The van der Waals surface area contributed by atoms with Gasteiger partial charge in [0.05, 0.1) is 16.5 Å². The Morgan fingerprint density at radius 1 is 1.00 bits per heavy atom. The summed E-state index contributed by atoms with van der Waals surface area (Å²) in [5.74, 6) is -0.251. The van der Waals surface area contributed by atoms with E-state index in [1.54, 1.807) is 24.3 Å². The molecule has 0 radical (unpaired) electrons. The molecule has 0 spiro atoms. The topological polar surface area (TPSA) is 58.2 Å². The fourth-order valence-electron chi connectivity index (χ4n) is 2.06. The summed E-state index contributed by atoms with van der Waals surface area (Å²) in [5.41, 5.74) is 2.40. The van der Waals surface area contributed by atoms with Gasteiger partial charge in [-0.3, -0.25) is 9.59 Å². The summed E-state index contributed by atoms with van der Waals surface area (Å²) in [6.07, 6.45) is 0.224. The van der Waals surface area contributed by atoms with Crippen molar-refractivity contribution in [3.8, 4) is 0 Å². The first-order valence-electron chi connectivity index (χ1n) is 7.01. The molecule has 2 N–H and O–H groups in total. The fourth-order valence-corrected chi connectivity index (χ4v) is 2.38. The van der Waals surface area contributed by atoms with E-state index in [-0.39, 0.29) is 18.2 Å². The molecule has 4 nitrogen and oxygen atoms in total. The highest BCUT2D eigenvalue weighted by Gasteiger charge is 2.06. The van der Waals surface area contributed by atoms with Crippen LogP contribution in [0.4, 0.5) is 5.69 Å². The lowest BCUT2D eigenvalue weighted by molar-refractivity contribution is -0.120. The largest absolute Gasteiger partial charge is 0.352 e. The molecule has 2 amide bonds. The van der Waals surface area contributed by atoms with Crippen molar-refractivity contribution in [2.24, 2.45) is 0 Å². The number of anilines is 1. The number of rotatable bonds is 5. The second-order valence-electron chi connectivity index (χ2n) is 5.08. The maximum atomic E-state index is 12.0. The predicted octanol–water partition coefficient (Wildman–Crippen LogP) is 3.81. The van der Waals surface area contributed by atoms with Crippen molar-refractivity contribution in [2.45, 2.75) is 19.9 Å². The molecule has 0 aliphatic carbocycles. The van der Waals surface area contributed by atoms with Gasteiger partial charge < -0.3 is 10.6 Å². The molecule has 0 fully saturated rings. The number of hydrogen-bond acceptors (Lipinski definition) is 2. The summed E-state index contributed by atoms with van der Waals surface area (Å²) < 4.78 is 0.